The molecule has 2 aromatic heterocycles. The van der Waals surface area contributed by atoms with Gasteiger partial charge in [0.05, 0.1) is 23.6 Å². The minimum absolute atomic E-state index is 0.0530. The lowest BCUT2D eigenvalue weighted by molar-refractivity contribution is -0.279. The summed E-state index contributed by atoms with van der Waals surface area (Å²) in [4.78, 5) is 23.2. The molecule has 3 heterocycles. The quantitative estimate of drug-likeness (QED) is 0.460. The number of hydrogen-bond donors (Lipinski definition) is 3. The smallest absolute Gasteiger partial charge is 0.393 e. The number of carbonyl (C=O) groups excluding carboxylic acids is 1. The van der Waals surface area contributed by atoms with Crippen LogP contribution in [-0.4, -0.2) is 66.1 Å². The standard InChI is InChI=1S/C26H33F3N4O5S/c1-23(2,3)16-39(37,38)20-6-4-5-19(31-20)32-22(35)17-7-8-18(25(36,15-34)26(27,28)29)30-21(17)33-13-11-24(9-10-24)12-14-33/h4-8,34,36H,9-16H2,1-3H3,(H,31,32,35)/t25-/m1/s1. The number of aliphatic hydroxyl groups is 2. The zero-order valence-corrected chi connectivity index (χ0v) is 22.9. The molecule has 0 bridgehead atoms. The molecular weight excluding hydrogens is 537 g/mol. The van der Waals surface area contributed by atoms with Crippen LogP contribution in [0.2, 0.25) is 0 Å². The van der Waals surface area contributed by atoms with Crippen LogP contribution in [0.3, 0.4) is 0 Å². The SMILES string of the molecule is CC(C)(C)CS(=O)(=O)c1cccc(NC(=O)c2ccc([C@](O)(CO)C(F)(F)F)nc2N2CCC3(CC2)CC3)n1. The first-order chi connectivity index (χ1) is 18.0. The predicted molar refractivity (Wildman–Crippen MR) is 138 cm³/mol. The van der Waals surface area contributed by atoms with Crippen LogP contribution in [0.5, 0.6) is 0 Å². The maximum Gasteiger partial charge on any atom is 0.425 e. The van der Waals surface area contributed by atoms with Crippen LogP contribution in [0.15, 0.2) is 35.4 Å². The van der Waals surface area contributed by atoms with Crippen LogP contribution < -0.4 is 10.2 Å². The molecule has 1 saturated carbocycles. The molecule has 1 aliphatic carbocycles. The third kappa shape index (κ3) is 6.20. The van der Waals surface area contributed by atoms with Crippen LogP contribution in [0.1, 0.15) is 62.5 Å². The van der Waals surface area contributed by atoms with Gasteiger partial charge in [-0.1, -0.05) is 26.8 Å². The molecule has 2 fully saturated rings. The van der Waals surface area contributed by atoms with Gasteiger partial charge in [-0.05, 0) is 60.8 Å². The molecule has 1 aliphatic heterocycles. The molecule has 13 heteroatoms. The Kier molecular flexibility index (Phi) is 7.50. The third-order valence-electron chi connectivity index (χ3n) is 7.23. The van der Waals surface area contributed by atoms with E-state index in [-0.39, 0.29) is 33.4 Å². The number of amides is 1. The summed E-state index contributed by atoms with van der Waals surface area (Å²) in [6.07, 6.45) is -1.46. The first-order valence-corrected chi connectivity index (χ1v) is 14.3. The van der Waals surface area contributed by atoms with Gasteiger partial charge < -0.3 is 20.4 Å². The molecule has 2 aliphatic rings. The fourth-order valence-corrected chi connectivity index (χ4v) is 6.58. The van der Waals surface area contributed by atoms with Gasteiger partial charge in [-0.3, -0.25) is 4.79 Å². The maximum atomic E-state index is 13.7. The largest absolute Gasteiger partial charge is 0.425 e. The van der Waals surface area contributed by atoms with Gasteiger partial charge in [-0.25, -0.2) is 18.4 Å². The lowest BCUT2D eigenvalue weighted by atomic mass is 9.93. The summed E-state index contributed by atoms with van der Waals surface area (Å²) in [7, 11) is -3.75. The van der Waals surface area contributed by atoms with Crippen molar-refractivity contribution >= 4 is 27.4 Å². The van der Waals surface area contributed by atoms with E-state index in [1.807, 2.05) is 0 Å². The molecule has 1 saturated heterocycles. The van der Waals surface area contributed by atoms with E-state index in [1.165, 1.54) is 18.2 Å². The van der Waals surface area contributed by atoms with Crippen molar-refractivity contribution in [3.63, 3.8) is 0 Å². The van der Waals surface area contributed by atoms with Crippen molar-refractivity contribution in [2.45, 2.75) is 63.3 Å². The summed E-state index contributed by atoms with van der Waals surface area (Å²) in [5.41, 5.74) is -4.80. The fraction of sp³-hybridized carbons (Fsp3) is 0.577. The first-order valence-electron chi connectivity index (χ1n) is 12.7. The van der Waals surface area contributed by atoms with Crippen molar-refractivity contribution < 1.29 is 36.6 Å². The van der Waals surface area contributed by atoms with E-state index in [0.717, 1.165) is 37.8 Å². The van der Waals surface area contributed by atoms with E-state index >= 15 is 0 Å². The number of piperidine rings is 1. The van der Waals surface area contributed by atoms with Crippen molar-refractivity contribution in [1.29, 1.82) is 0 Å². The van der Waals surface area contributed by atoms with Crippen LogP contribution >= 0.6 is 0 Å². The van der Waals surface area contributed by atoms with Gasteiger partial charge in [-0.15, -0.1) is 0 Å². The van der Waals surface area contributed by atoms with Gasteiger partial charge >= 0.3 is 6.18 Å². The van der Waals surface area contributed by atoms with Gasteiger partial charge in [0.15, 0.2) is 14.9 Å². The second-order valence-corrected chi connectivity index (χ2v) is 13.6. The van der Waals surface area contributed by atoms with Crippen molar-refractivity contribution in [2.24, 2.45) is 10.8 Å². The molecule has 39 heavy (non-hydrogen) atoms. The van der Waals surface area contributed by atoms with E-state index in [2.05, 4.69) is 15.3 Å². The number of aromatic nitrogens is 2. The molecule has 0 aromatic carbocycles. The van der Waals surface area contributed by atoms with E-state index in [0.29, 0.717) is 13.1 Å². The monoisotopic (exact) mass is 570 g/mol. The van der Waals surface area contributed by atoms with Gasteiger partial charge in [0.2, 0.25) is 5.60 Å². The van der Waals surface area contributed by atoms with Crippen molar-refractivity contribution in [3.05, 3.63) is 41.6 Å². The fourth-order valence-electron chi connectivity index (χ4n) is 4.77. The molecule has 9 nitrogen and oxygen atoms in total. The molecule has 1 amide bonds. The number of pyridine rings is 2. The number of carbonyl (C=O) groups is 1. The number of anilines is 2. The van der Waals surface area contributed by atoms with E-state index in [4.69, 9.17) is 0 Å². The summed E-state index contributed by atoms with van der Waals surface area (Å²) < 4.78 is 66.5. The lowest BCUT2D eigenvalue weighted by Crippen LogP contribution is -2.46. The number of rotatable bonds is 7. The maximum absolute atomic E-state index is 13.7. The average molecular weight is 571 g/mol. The van der Waals surface area contributed by atoms with Gasteiger partial charge in [0, 0.05) is 13.1 Å². The molecule has 0 unspecified atom stereocenters. The molecule has 0 radical (unpaired) electrons. The highest BCUT2D eigenvalue weighted by Gasteiger charge is 2.56. The van der Waals surface area contributed by atoms with Crippen molar-refractivity contribution in [3.8, 4) is 0 Å². The Balaban J connectivity index is 1.67. The van der Waals surface area contributed by atoms with Crippen LogP contribution in [0, 0.1) is 10.8 Å². The third-order valence-corrected chi connectivity index (χ3v) is 9.34. The van der Waals surface area contributed by atoms with Crippen LogP contribution in [0.4, 0.5) is 24.8 Å². The molecule has 214 valence electrons. The van der Waals surface area contributed by atoms with E-state index < -0.39 is 45.2 Å². The molecular formula is C26H33F3N4O5S. The van der Waals surface area contributed by atoms with E-state index in [1.54, 1.807) is 25.7 Å². The Morgan fingerprint density at radius 3 is 2.23 bits per heavy atom. The summed E-state index contributed by atoms with van der Waals surface area (Å²) in [6, 6.07) is 6.13. The number of aliphatic hydroxyl groups excluding tert-OH is 1. The van der Waals surface area contributed by atoms with Gasteiger partial charge in [-0.2, -0.15) is 13.2 Å². The highest BCUT2D eigenvalue weighted by Crippen LogP contribution is 2.54. The number of hydrogen-bond acceptors (Lipinski definition) is 8. The topological polar surface area (TPSA) is 133 Å². The van der Waals surface area contributed by atoms with Crippen molar-refractivity contribution in [1.82, 2.24) is 9.97 Å². The Morgan fingerprint density at radius 2 is 1.69 bits per heavy atom. The number of alkyl halides is 3. The Morgan fingerprint density at radius 1 is 1.05 bits per heavy atom. The van der Waals surface area contributed by atoms with Crippen molar-refractivity contribution in [2.75, 3.05) is 35.7 Å². The second kappa shape index (κ2) is 10.0. The zero-order valence-electron chi connectivity index (χ0n) is 22.0. The summed E-state index contributed by atoms with van der Waals surface area (Å²) in [6.45, 7) is 4.60. The number of halogens is 3. The molecule has 1 spiro atoms. The molecule has 2 aromatic rings. The second-order valence-electron chi connectivity index (χ2n) is 11.7. The highest BCUT2D eigenvalue weighted by molar-refractivity contribution is 7.91. The number of sulfone groups is 1. The van der Waals surface area contributed by atoms with Gasteiger partial charge in [0.25, 0.3) is 5.91 Å². The Labute approximate surface area is 225 Å². The van der Waals surface area contributed by atoms with Gasteiger partial charge in [0.1, 0.15) is 11.6 Å². The summed E-state index contributed by atoms with van der Waals surface area (Å²) >= 11 is 0. The number of nitrogens with one attached hydrogen (secondary N) is 1. The van der Waals surface area contributed by atoms with E-state index in [9.17, 15) is 36.6 Å². The Bertz CT molecular complexity index is 1350. The predicted octanol–water partition coefficient (Wildman–Crippen LogP) is 3.67. The number of nitrogens with zero attached hydrogens (tertiary/aromatic N) is 3. The minimum Gasteiger partial charge on any atom is -0.393 e. The molecule has 3 N–H and O–H groups in total. The molecule has 1 atom stereocenters. The summed E-state index contributed by atoms with van der Waals surface area (Å²) in [5.74, 6) is -1.03. The average Bonchev–Trinajstić information content (AvgIpc) is 3.60. The molecule has 4 rings (SSSR count). The summed E-state index contributed by atoms with van der Waals surface area (Å²) in [5, 5.41) is 22.0. The zero-order chi connectivity index (χ0) is 28.9. The Hall–Kier alpha value is -2.77. The first kappa shape index (κ1) is 29.2. The highest BCUT2D eigenvalue weighted by atomic mass is 32.2. The normalized spacial score (nSPS) is 19.0. The van der Waals surface area contributed by atoms with Crippen LogP contribution in [-0.2, 0) is 15.4 Å². The lowest BCUT2D eigenvalue weighted by Gasteiger charge is -2.35. The van der Waals surface area contributed by atoms with Crippen LogP contribution in [0.25, 0.3) is 0 Å². The minimum atomic E-state index is -5.21.